The largest absolute Gasteiger partial charge is 0.332 e. The van der Waals surface area contributed by atoms with Crippen molar-refractivity contribution in [3.63, 3.8) is 0 Å². The molecule has 5 heteroatoms. The Morgan fingerprint density at radius 2 is 1.88 bits per heavy atom. The van der Waals surface area contributed by atoms with Crippen molar-refractivity contribution >= 4 is 13.4 Å². The van der Waals surface area contributed by atoms with Gasteiger partial charge in [0.2, 0.25) is 0 Å². The Balaban J connectivity index is 2.56. The molecule has 1 rings (SSSR count). The smallest absolute Gasteiger partial charge is 0.324 e. The summed E-state index contributed by atoms with van der Waals surface area (Å²) in [6.07, 6.45) is -0.152. The van der Waals surface area contributed by atoms with E-state index < -0.39 is 19.5 Å². The molecule has 16 heavy (non-hydrogen) atoms. The second-order valence-electron chi connectivity index (χ2n) is 3.88. The fourth-order valence-corrected chi connectivity index (χ4v) is 2.16. The molecule has 0 aliphatic heterocycles. The predicted molar refractivity (Wildman–Crippen MR) is 61.2 cm³/mol. The van der Waals surface area contributed by atoms with Crippen molar-refractivity contribution in [3.8, 4) is 0 Å². The number of Topliss-reactive ketones (excluding diaryl/α,β-unsaturated/α-hetero) is 1. The predicted octanol–water partition coefficient (Wildman–Crippen LogP) is 1.61. The molecule has 2 N–H and O–H groups in total. The van der Waals surface area contributed by atoms with Gasteiger partial charge in [-0.15, -0.1) is 0 Å². The van der Waals surface area contributed by atoms with Gasteiger partial charge >= 0.3 is 7.60 Å². The lowest BCUT2D eigenvalue weighted by molar-refractivity contribution is -0.120. The Hall–Kier alpha value is -0.960. The number of rotatable bonds is 5. The van der Waals surface area contributed by atoms with Gasteiger partial charge in [-0.05, 0) is 12.0 Å². The number of ketones is 1. The molecule has 88 valence electrons. The number of benzene rings is 1. The van der Waals surface area contributed by atoms with Crippen LogP contribution < -0.4 is 0 Å². The van der Waals surface area contributed by atoms with Crippen LogP contribution in [0.15, 0.2) is 30.3 Å². The summed E-state index contributed by atoms with van der Waals surface area (Å²) < 4.78 is 10.7. The fraction of sp³-hybridized carbons (Fsp3) is 0.364. The standard InChI is InChI=1S/C11H15O4P/c1-9(11(12)8-16(13,14)15)7-10-5-3-2-4-6-10/h2-6,9H,7-8H2,1H3,(H2,13,14,15). The zero-order chi connectivity index (χ0) is 12.2. The van der Waals surface area contributed by atoms with Crippen molar-refractivity contribution in [2.45, 2.75) is 13.3 Å². The minimum absolute atomic E-state index is 0.366. The van der Waals surface area contributed by atoms with Crippen LogP contribution in [0.25, 0.3) is 0 Å². The van der Waals surface area contributed by atoms with E-state index in [0.717, 1.165) is 5.56 Å². The minimum atomic E-state index is -4.23. The van der Waals surface area contributed by atoms with Gasteiger partial charge < -0.3 is 9.79 Å². The third-order valence-corrected chi connectivity index (χ3v) is 3.02. The summed E-state index contributed by atoms with van der Waals surface area (Å²) in [5.74, 6) is -0.757. The van der Waals surface area contributed by atoms with Crippen LogP contribution in [0, 0.1) is 5.92 Å². The lowest BCUT2D eigenvalue weighted by atomic mass is 9.98. The van der Waals surface area contributed by atoms with Crippen LogP contribution in [0.5, 0.6) is 0 Å². The van der Waals surface area contributed by atoms with E-state index in [1.807, 2.05) is 30.3 Å². The number of carbonyl (C=O) groups excluding carboxylic acids is 1. The second kappa shape index (κ2) is 5.39. The first kappa shape index (κ1) is 13.1. The fourth-order valence-electron chi connectivity index (χ4n) is 1.44. The van der Waals surface area contributed by atoms with Gasteiger partial charge in [-0.1, -0.05) is 37.3 Å². The highest BCUT2D eigenvalue weighted by Crippen LogP contribution is 2.35. The summed E-state index contributed by atoms with van der Waals surface area (Å²) >= 11 is 0. The molecule has 0 saturated heterocycles. The number of hydrogen-bond acceptors (Lipinski definition) is 2. The SMILES string of the molecule is CC(Cc1ccccc1)C(=O)CP(=O)(O)O. The third kappa shape index (κ3) is 4.71. The van der Waals surface area contributed by atoms with Crippen LogP contribution in [-0.2, 0) is 15.8 Å². The maximum atomic E-state index is 11.5. The highest BCUT2D eigenvalue weighted by molar-refractivity contribution is 7.52. The van der Waals surface area contributed by atoms with Crippen LogP contribution in [-0.4, -0.2) is 21.7 Å². The molecule has 0 amide bonds. The molecular weight excluding hydrogens is 227 g/mol. The van der Waals surface area contributed by atoms with Gasteiger partial charge in [-0.25, -0.2) is 0 Å². The zero-order valence-electron chi connectivity index (χ0n) is 9.04. The quantitative estimate of drug-likeness (QED) is 0.769. The molecule has 0 aromatic heterocycles. The molecular formula is C11H15O4P. The van der Waals surface area contributed by atoms with Crippen LogP contribution in [0.2, 0.25) is 0 Å². The Morgan fingerprint density at radius 3 is 2.38 bits per heavy atom. The van der Waals surface area contributed by atoms with E-state index in [0.29, 0.717) is 6.42 Å². The van der Waals surface area contributed by atoms with E-state index in [2.05, 4.69) is 0 Å². The Labute approximate surface area is 94.5 Å². The van der Waals surface area contributed by atoms with E-state index in [1.165, 1.54) is 0 Å². The lowest BCUT2D eigenvalue weighted by Gasteiger charge is -2.11. The molecule has 0 spiro atoms. The summed E-state index contributed by atoms with van der Waals surface area (Å²) in [5.41, 5.74) is 0.995. The molecule has 1 aromatic carbocycles. The maximum absolute atomic E-state index is 11.5. The van der Waals surface area contributed by atoms with E-state index in [-0.39, 0.29) is 5.92 Å². The van der Waals surface area contributed by atoms with Crippen LogP contribution in [0.4, 0.5) is 0 Å². The van der Waals surface area contributed by atoms with Gasteiger partial charge in [-0.2, -0.15) is 0 Å². The molecule has 0 saturated carbocycles. The molecule has 1 unspecified atom stereocenters. The molecule has 1 aromatic rings. The Kier molecular flexibility index (Phi) is 4.42. The number of hydrogen-bond donors (Lipinski definition) is 2. The van der Waals surface area contributed by atoms with Crippen molar-refractivity contribution in [2.75, 3.05) is 6.16 Å². The molecule has 0 aliphatic carbocycles. The topological polar surface area (TPSA) is 74.6 Å². The molecule has 0 radical (unpaired) electrons. The second-order valence-corrected chi connectivity index (χ2v) is 5.53. The summed E-state index contributed by atoms with van der Waals surface area (Å²) in [6.45, 7) is 1.69. The molecule has 0 aliphatic rings. The van der Waals surface area contributed by atoms with E-state index in [4.69, 9.17) is 9.79 Å². The van der Waals surface area contributed by atoms with Gasteiger partial charge in [0.15, 0.2) is 0 Å². The molecule has 0 bridgehead atoms. The Morgan fingerprint density at radius 1 is 1.31 bits per heavy atom. The zero-order valence-corrected chi connectivity index (χ0v) is 9.93. The van der Waals surface area contributed by atoms with Gasteiger partial charge in [0.05, 0.1) is 0 Å². The first-order valence-corrected chi connectivity index (χ1v) is 6.79. The first-order valence-electron chi connectivity index (χ1n) is 4.99. The Bertz CT molecular complexity index is 396. The summed E-state index contributed by atoms with van der Waals surface area (Å²) in [5, 5.41) is 0. The van der Waals surface area contributed by atoms with Gasteiger partial charge in [0.25, 0.3) is 0 Å². The highest BCUT2D eigenvalue weighted by atomic mass is 31.2. The van der Waals surface area contributed by atoms with Gasteiger partial charge in [0.1, 0.15) is 11.9 Å². The van der Waals surface area contributed by atoms with Crippen LogP contribution >= 0.6 is 7.60 Å². The van der Waals surface area contributed by atoms with Gasteiger partial charge in [0, 0.05) is 5.92 Å². The van der Waals surface area contributed by atoms with E-state index in [1.54, 1.807) is 6.92 Å². The first-order chi connectivity index (χ1) is 7.38. The monoisotopic (exact) mass is 242 g/mol. The van der Waals surface area contributed by atoms with Crippen molar-refractivity contribution < 1.29 is 19.1 Å². The average molecular weight is 242 g/mol. The maximum Gasteiger partial charge on any atom is 0.332 e. The minimum Gasteiger partial charge on any atom is -0.324 e. The highest BCUT2D eigenvalue weighted by Gasteiger charge is 2.23. The van der Waals surface area contributed by atoms with Crippen LogP contribution in [0.3, 0.4) is 0 Å². The summed E-state index contributed by atoms with van der Waals surface area (Å²) in [4.78, 5) is 28.9. The van der Waals surface area contributed by atoms with E-state index >= 15 is 0 Å². The normalized spacial score (nSPS) is 13.4. The van der Waals surface area contributed by atoms with Gasteiger partial charge in [-0.3, -0.25) is 9.36 Å². The third-order valence-electron chi connectivity index (χ3n) is 2.30. The molecule has 1 atom stereocenters. The van der Waals surface area contributed by atoms with Crippen molar-refractivity contribution in [2.24, 2.45) is 5.92 Å². The lowest BCUT2D eigenvalue weighted by Crippen LogP contribution is -2.17. The van der Waals surface area contributed by atoms with Crippen molar-refractivity contribution in [1.29, 1.82) is 0 Å². The van der Waals surface area contributed by atoms with Crippen molar-refractivity contribution in [3.05, 3.63) is 35.9 Å². The molecule has 0 heterocycles. The summed E-state index contributed by atoms with van der Waals surface area (Å²) in [6, 6.07) is 9.40. The van der Waals surface area contributed by atoms with Crippen molar-refractivity contribution in [1.82, 2.24) is 0 Å². The molecule has 0 fully saturated rings. The van der Waals surface area contributed by atoms with E-state index in [9.17, 15) is 9.36 Å². The summed E-state index contributed by atoms with van der Waals surface area (Å²) in [7, 11) is -4.23. The average Bonchev–Trinajstić information content (AvgIpc) is 2.16. The molecule has 4 nitrogen and oxygen atoms in total. The number of carbonyl (C=O) groups is 1. The van der Waals surface area contributed by atoms with Crippen LogP contribution in [0.1, 0.15) is 12.5 Å².